The highest BCUT2D eigenvalue weighted by molar-refractivity contribution is 6.04. The fourth-order valence-electron chi connectivity index (χ4n) is 2.68. The number of nitrogens with one attached hydrogen (secondary N) is 2. The highest BCUT2D eigenvalue weighted by Crippen LogP contribution is 2.17. The Morgan fingerprint density at radius 1 is 0.903 bits per heavy atom. The molecule has 0 saturated carbocycles. The van der Waals surface area contributed by atoms with E-state index in [0.717, 1.165) is 5.56 Å². The molecule has 8 nitrogen and oxygen atoms in total. The molecule has 0 aliphatic heterocycles. The van der Waals surface area contributed by atoms with Gasteiger partial charge in [-0.25, -0.2) is 4.79 Å². The fraction of sp³-hybridized carbons (Fsp3) is 0.130. The molecule has 8 heteroatoms. The first-order chi connectivity index (χ1) is 15.1. The van der Waals surface area contributed by atoms with Crippen molar-refractivity contribution >= 4 is 23.7 Å². The van der Waals surface area contributed by atoms with E-state index in [1.165, 1.54) is 18.3 Å². The molecular formula is C23H21N3O5. The quantitative estimate of drug-likeness (QED) is 0.446. The maximum Gasteiger partial charge on any atom is 0.513 e. The Bertz CT molecular complexity index is 1050. The van der Waals surface area contributed by atoms with Crippen LogP contribution in [0, 0.1) is 0 Å². The summed E-state index contributed by atoms with van der Waals surface area (Å²) in [7, 11) is 0. The highest BCUT2D eigenvalue weighted by Gasteiger charge is 2.11. The lowest BCUT2D eigenvalue weighted by Crippen LogP contribution is -2.24. The molecule has 0 bridgehead atoms. The molecule has 158 valence electrons. The third-order valence-corrected chi connectivity index (χ3v) is 4.21. The zero-order valence-electron chi connectivity index (χ0n) is 16.8. The minimum absolute atomic E-state index is 0.212. The molecule has 1 heterocycles. The van der Waals surface area contributed by atoms with E-state index in [2.05, 4.69) is 15.6 Å². The zero-order valence-corrected chi connectivity index (χ0v) is 16.8. The minimum Gasteiger partial charge on any atom is -0.434 e. The van der Waals surface area contributed by atoms with Gasteiger partial charge in [-0.3, -0.25) is 14.6 Å². The van der Waals surface area contributed by atoms with Gasteiger partial charge in [0, 0.05) is 30.2 Å². The van der Waals surface area contributed by atoms with Gasteiger partial charge in [0.05, 0.1) is 12.2 Å². The number of benzene rings is 2. The number of carbonyl (C=O) groups is 3. The summed E-state index contributed by atoms with van der Waals surface area (Å²) < 4.78 is 9.67. The van der Waals surface area contributed by atoms with Crippen molar-refractivity contribution in [1.29, 1.82) is 0 Å². The molecule has 0 saturated heterocycles. The van der Waals surface area contributed by atoms with Crippen molar-refractivity contribution in [2.75, 3.05) is 11.9 Å². The number of aromatic nitrogens is 1. The number of carbonyl (C=O) groups excluding carboxylic acids is 3. The summed E-state index contributed by atoms with van der Waals surface area (Å²) in [6.07, 6.45) is 2.27. The summed E-state index contributed by atoms with van der Waals surface area (Å²) in [5.41, 5.74) is 2.17. The molecule has 2 amide bonds. The number of para-hydroxylation sites is 1. The zero-order chi connectivity index (χ0) is 22.1. The first-order valence-corrected chi connectivity index (χ1v) is 9.59. The Labute approximate surface area is 179 Å². The van der Waals surface area contributed by atoms with Crippen molar-refractivity contribution in [2.45, 2.75) is 13.5 Å². The molecule has 2 N–H and O–H groups in total. The second-order valence-electron chi connectivity index (χ2n) is 6.35. The molecule has 0 fully saturated rings. The second kappa shape index (κ2) is 10.5. The lowest BCUT2D eigenvalue weighted by Gasteiger charge is -2.12. The highest BCUT2D eigenvalue weighted by atomic mass is 16.7. The molecule has 31 heavy (non-hydrogen) atoms. The van der Waals surface area contributed by atoms with Gasteiger partial charge in [-0.15, -0.1) is 0 Å². The maximum absolute atomic E-state index is 12.5. The lowest BCUT2D eigenvalue weighted by molar-refractivity contribution is 0.0950. The first kappa shape index (κ1) is 21.5. The van der Waals surface area contributed by atoms with E-state index in [4.69, 9.17) is 9.47 Å². The summed E-state index contributed by atoms with van der Waals surface area (Å²) in [4.78, 5) is 40.1. The maximum atomic E-state index is 12.5. The number of hydrogen-bond acceptors (Lipinski definition) is 6. The molecule has 3 aromatic rings. The van der Waals surface area contributed by atoms with Crippen LogP contribution < -0.4 is 15.4 Å². The number of pyridine rings is 1. The van der Waals surface area contributed by atoms with Crippen molar-refractivity contribution in [3.05, 3.63) is 89.7 Å². The van der Waals surface area contributed by atoms with Gasteiger partial charge in [-0.05, 0) is 55.0 Å². The van der Waals surface area contributed by atoms with Crippen LogP contribution in [-0.2, 0) is 11.3 Å². The second-order valence-corrected chi connectivity index (χ2v) is 6.35. The Balaban J connectivity index is 1.60. The van der Waals surface area contributed by atoms with E-state index >= 15 is 0 Å². The predicted molar refractivity (Wildman–Crippen MR) is 114 cm³/mol. The summed E-state index contributed by atoms with van der Waals surface area (Å²) in [6, 6.07) is 16.6. The van der Waals surface area contributed by atoms with Crippen molar-refractivity contribution in [2.24, 2.45) is 0 Å². The van der Waals surface area contributed by atoms with Gasteiger partial charge in [0.25, 0.3) is 11.8 Å². The van der Waals surface area contributed by atoms with E-state index in [1.807, 2.05) is 12.1 Å². The number of amides is 2. The van der Waals surface area contributed by atoms with Crippen LogP contribution in [0.25, 0.3) is 0 Å². The number of ether oxygens (including phenoxy) is 2. The van der Waals surface area contributed by atoms with Crippen molar-refractivity contribution in [3.63, 3.8) is 0 Å². The summed E-state index contributed by atoms with van der Waals surface area (Å²) in [5, 5.41) is 5.65. The van der Waals surface area contributed by atoms with E-state index in [-0.39, 0.29) is 30.7 Å². The van der Waals surface area contributed by atoms with Gasteiger partial charge in [0.15, 0.2) is 0 Å². The van der Waals surface area contributed by atoms with E-state index in [0.29, 0.717) is 16.8 Å². The standard InChI is InChI=1S/C23H21N3O5/c1-2-30-23(29)31-19-11-9-16(10-12-19)21(27)25-15-17-6-3-4-8-20(17)26-22(28)18-7-5-13-24-14-18/h3-14H,2,15H2,1H3,(H,25,27)(H,26,28). The van der Waals surface area contributed by atoms with Crippen LogP contribution in [0.15, 0.2) is 73.1 Å². The van der Waals surface area contributed by atoms with E-state index in [9.17, 15) is 14.4 Å². The summed E-state index contributed by atoms with van der Waals surface area (Å²) >= 11 is 0. The monoisotopic (exact) mass is 419 g/mol. The van der Waals surface area contributed by atoms with Crippen LogP contribution in [0.1, 0.15) is 33.2 Å². The van der Waals surface area contributed by atoms with Gasteiger partial charge in [0.2, 0.25) is 0 Å². The molecule has 2 aromatic carbocycles. The molecule has 1 aromatic heterocycles. The van der Waals surface area contributed by atoms with Crippen LogP contribution in [0.3, 0.4) is 0 Å². The smallest absolute Gasteiger partial charge is 0.434 e. The average Bonchev–Trinajstić information content (AvgIpc) is 2.79. The van der Waals surface area contributed by atoms with Gasteiger partial charge in [0.1, 0.15) is 5.75 Å². The Morgan fingerprint density at radius 3 is 2.39 bits per heavy atom. The molecule has 0 aliphatic carbocycles. The molecule has 0 spiro atoms. The van der Waals surface area contributed by atoms with Crippen molar-refractivity contribution in [1.82, 2.24) is 10.3 Å². The van der Waals surface area contributed by atoms with Crippen molar-refractivity contribution < 1.29 is 23.9 Å². The normalized spacial score (nSPS) is 10.1. The minimum atomic E-state index is -0.801. The lowest BCUT2D eigenvalue weighted by atomic mass is 10.1. The number of anilines is 1. The largest absolute Gasteiger partial charge is 0.513 e. The van der Waals surface area contributed by atoms with Crippen LogP contribution in [0.5, 0.6) is 5.75 Å². The van der Waals surface area contributed by atoms with Crippen LogP contribution in [0.4, 0.5) is 10.5 Å². The fourth-order valence-corrected chi connectivity index (χ4v) is 2.68. The Morgan fingerprint density at radius 2 is 1.68 bits per heavy atom. The van der Waals surface area contributed by atoms with Gasteiger partial charge < -0.3 is 20.1 Å². The third kappa shape index (κ3) is 6.14. The summed E-state index contributed by atoms with van der Waals surface area (Å²) in [6.45, 7) is 2.10. The van der Waals surface area contributed by atoms with Gasteiger partial charge in [-0.2, -0.15) is 0 Å². The molecular weight excluding hydrogens is 398 g/mol. The van der Waals surface area contributed by atoms with Gasteiger partial charge >= 0.3 is 6.16 Å². The average molecular weight is 419 g/mol. The molecule has 0 aliphatic rings. The number of hydrogen-bond donors (Lipinski definition) is 2. The Kier molecular flexibility index (Phi) is 7.31. The summed E-state index contributed by atoms with van der Waals surface area (Å²) in [5.74, 6) is -0.321. The SMILES string of the molecule is CCOC(=O)Oc1ccc(C(=O)NCc2ccccc2NC(=O)c2cccnc2)cc1. The van der Waals surface area contributed by atoms with E-state index < -0.39 is 6.16 Å². The molecule has 3 rings (SSSR count). The van der Waals surface area contributed by atoms with Crippen LogP contribution in [0.2, 0.25) is 0 Å². The van der Waals surface area contributed by atoms with E-state index in [1.54, 1.807) is 49.5 Å². The predicted octanol–water partition coefficient (Wildman–Crippen LogP) is 3.80. The van der Waals surface area contributed by atoms with Crippen LogP contribution in [-0.4, -0.2) is 29.6 Å². The number of nitrogens with zero attached hydrogens (tertiary/aromatic N) is 1. The third-order valence-electron chi connectivity index (χ3n) is 4.21. The number of rotatable bonds is 7. The first-order valence-electron chi connectivity index (χ1n) is 9.59. The molecule has 0 unspecified atom stereocenters. The molecule has 0 radical (unpaired) electrons. The van der Waals surface area contributed by atoms with Crippen molar-refractivity contribution in [3.8, 4) is 5.75 Å². The van der Waals surface area contributed by atoms with Gasteiger partial charge in [-0.1, -0.05) is 18.2 Å². The molecule has 0 atom stereocenters. The van der Waals surface area contributed by atoms with Crippen LogP contribution >= 0.6 is 0 Å². The topological polar surface area (TPSA) is 107 Å². The Hall–Kier alpha value is -4.20.